The zero-order valence-corrected chi connectivity index (χ0v) is 18.6. The third-order valence-corrected chi connectivity index (χ3v) is 9.08. The molecule has 0 bridgehead atoms. The molecule has 7 heteroatoms. The van der Waals surface area contributed by atoms with Crippen LogP contribution in [0.4, 0.5) is 5.69 Å². The molecule has 0 amide bonds. The molecule has 3 aromatic carbocycles. The molecule has 0 spiro atoms. The van der Waals surface area contributed by atoms with Crippen LogP contribution in [0.25, 0.3) is 0 Å². The topological polar surface area (TPSA) is 80.3 Å². The molecule has 0 saturated carbocycles. The summed E-state index contributed by atoms with van der Waals surface area (Å²) < 4.78 is 52.7. The van der Waals surface area contributed by atoms with Gasteiger partial charge in [-0.2, -0.15) is 0 Å². The molecule has 0 heterocycles. The summed E-state index contributed by atoms with van der Waals surface area (Å²) in [5.74, 6) is 0. The van der Waals surface area contributed by atoms with Crippen LogP contribution in [0.15, 0.2) is 93.0 Å². The van der Waals surface area contributed by atoms with E-state index in [0.717, 1.165) is 22.9 Å². The number of sulfone groups is 2. The molecule has 5 nitrogen and oxygen atoms in total. The number of benzene rings is 3. The van der Waals surface area contributed by atoms with Crippen molar-refractivity contribution < 1.29 is 16.8 Å². The van der Waals surface area contributed by atoms with Crippen molar-refractivity contribution in [2.45, 2.75) is 30.6 Å². The smallest absolute Gasteiger partial charge is 0.219 e. The molecule has 0 aliphatic rings. The molecule has 0 aliphatic carbocycles. The van der Waals surface area contributed by atoms with Gasteiger partial charge in [0.25, 0.3) is 0 Å². The lowest BCUT2D eigenvalue weighted by molar-refractivity contribution is 0.595. The number of para-hydroxylation sites is 1. The lowest BCUT2D eigenvalue weighted by Crippen LogP contribution is -2.17. The van der Waals surface area contributed by atoms with Crippen molar-refractivity contribution in [3.05, 3.63) is 99.9 Å². The summed E-state index contributed by atoms with van der Waals surface area (Å²) in [5, 5.41) is 2.87. The standard InChI is InChI=1S/C23H23NO4S2/c1-17-8-12-20(13-9-17)29(25,26)23(16-24-22-7-5-4-6-19(22)3)30(27,28)21-14-10-18(2)11-15-21/h4-16,24H,1-3H3. The van der Waals surface area contributed by atoms with E-state index in [4.69, 9.17) is 0 Å². The van der Waals surface area contributed by atoms with Crippen molar-refractivity contribution >= 4 is 25.4 Å². The zero-order valence-electron chi connectivity index (χ0n) is 17.0. The van der Waals surface area contributed by atoms with Crippen LogP contribution in [-0.2, 0) is 19.7 Å². The summed E-state index contributed by atoms with van der Waals surface area (Å²) in [5.41, 5.74) is 3.22. The Labute approximate surface area is 177 Å². The number of hydrogen-bond donors (Lipinski definition) is 1. The SMILES string of the molecule is Cc1ccc(S(=O)(=O)C(=CNc2ccccc2C)S(=O)(=O)c2ccc(C)cc2)cc1. The Morgan fingerprint density at radius 3 is 1.53 bits per heavy atom. The Morgan fingerprint density at radius 1 is 0.667 bits per heavy atom. The van der Waals surface area contributed by atoms with E-state index >= 15 is 0 Å². The predicted molar refractivity (Wildman–Crippen MR) is 120 cm³/mol. The largest absolute Gasteiger partial charge is 0.360 e. The van der Waals surface area contributed by atoms with Crippen LogP contribution >= 0.6 is 0 Å². The maximum Gasteiger partial charge on any atom is 0.219 e. The Kier molecular flexibility index (Phi) is 6.14. The van der Waals surface area contributed by atoms with E-state index in [1.165, 1.54) is 24.3 Å². The third kappa shape index (κ3) is 4.47. The van der Waals surface area contributed by atoms with E-state index in [-0.39, 0.29) is 9.79 Å². The predicted octanol–water partition coefficient (Wildman–Crippen LogP) is 4.77. The van der Waals surface area contributed by atoms with Gasteiger partial charge in [0.2, 0.25) is 19.7 Å². The van der Waals surface area contributed by atoms with Gasteiger partial charge >= 0.3 is 0 Å². The minimum Gasteiger partial charge on any atom is -0.360 e. The van der Waals surface area contributed by atoms with Crippen molar-refractivity contribution in [2.75, 3.05) is 5.32 Å². The monoisotopic (exact) mass is 441 g/mol. The van der Waals surface area contributed by atoms with Crippen molar-refractivity contribution in [1.82, 2.24) is 0 Å². The Morgan fingerprint density at radius 2 is 1.10 bits per heavy atom. The van der Waals surface area contributed by atoms with Crippen LogP contribution in [0.2, 0.25) is 0 Å². The molecule has 0 fully saturated rings. The zero-order chi connectivity index (χ0) is 21.9. The lowest BCUT2D eigenvalue weighted by Gasteiger charge is -2.13. The van der Waals surface area contributed by atoms with Gasteiger partial charge in [-0.25, -0.2) is 16.8 Å². The van der Waals surface area contributed by atoms with Crippen molar-refractivity contribution in [1.29, 1.82) is 0 Å². The van der Waals surface area contributed by atoms with Crippen LogP contribution in [-0.4, -0.2) is 16.8 Å². The molecule has 0 saturated heterocycles. The van der Waals surface area contributed by atoms with Gasteiger partial charge in [0.15, 0.2) is 4.24 Å². The minimum atomic E-state index is -4.31. The average molecular weight is 442 g/mol. The fourth-order valence-electron chi connectivity index (χ4n) is 2.84. The Balaban J connectivity index is 2.18. The third-order valence-electron chi connectivity index (χ3n) is 4.68. The van der Waals surface area contributed by atoms with Gasteiger partial charge in [-0.1, -0.05) is 53.6 Å². The second-order valence-corrected chi connectivity index (χ2v) is 11.2. The highest BCUT2D eigenvalue weighted by molar-refractivity contribution is 8.14. The number of anilines is 1. The maximum absolute atomic E-state index is 13.3. The molecule has 156 valence electrons. The van der Waals surface area contributed by atoms with E-state index in [2.05, 4.69) is 5.32 Å². The molecule has 0 aliphatic heterocycles. The van der Waals surface area contributed by atoms with Gasteiger partial charge in [0.05, 0.1) is 9.79 Å². The maximum atomic E-state index is 13.3. The first-order valence-corrected chi connectivity index (χ1v) is 12.2. The van der Waals surface area contributed by atoms with Crippen LogP contribution in [0.1, 0.15) is 16.7 Å². The van der Waals surface area contributed by atoms with Crippen LogP contribution < -0.4 is 5.32 Å². The van der Waals surface area contributed by atoms with Gasteiger partial charge in [-0.15, -0.1) is 0 Å². The fraction of sp³-hybridized carbons (Fsp3) is 0.130. The fourth-order valence-corrected chi connectivity index (χ4v) is 6.45. The molecule has 0 radical (unpaired) electrons. The summed E-state index contributed by atoms with van der Waals surface area (Å²) >= 11 is 0. The average Bonchev–Trinajstić information content (AvgIpc) is 2.70. The second kappa shape index (κ2) is 8.45. The molecule has 3 rings (SSSR count). The van der Waals surface area contributed by atoms with E-state index < -0.39 is 23.9 Å². The van der Waals surface area contributed by atoms with E-state index in [9.17, 15) is 16.8 Å². The normalized spacial score (nSPS) is 11.7. The van der Waals surface area contributed by atoms with Gasteiger partial charge in [0.1, 0.15) is 0 Å². The highest BCUT2D eigenvalue weighted by atomic mass is 32.3. The molecule has 30 heavy (non-hydrogen) atoms. The van der Waals surface area contributed by atoms with Crippen molar-refractivity contribution in [3.8, 4) is 0 Å². The highest BCUT2D eigenvalue weighted by Crippen LogP contribution is 2.30. The van der Waals surface area contributed by atoms with Gasteiger partial charge in [-0.3, -0.25) is 0 Å². The highest BCUT2D eigenvalue weighted by Gasteiger charge is 2.33. The second-order valence-electron chi connectivity index (χ2n) is 7.06. The summed E-state index contributed by atoms with van der Waals surface area (Å²) in [6.45, 7) is 5.50. The number of nitrogens with one attached hydrogen (secondary N) is 1. The Hall–Kier alpha value is -2.90. The quantitative estimate of drug-likeness (QED) is 0.596. The van der Waals surface area contributed by atoms with Crippen LogP contribution in [0.3, 0.4) is 0 Å². The number of aryl methyl sites for hydroxylation is 3. The van der Waals surface area contributed by atoms with Crippen LogP contribution in [0.5, 0.6) is 0 Å². The summed E-state index contributed by atoms with van der Waals surface area (Å²) in [4.78, 5) is -0.164. The first-order chi connectivity index (χ1) is 14.1. The number of rotatable bonds is 6. The summed E-state index contributed by atoms with van der Waals surface area (Å²) in [6, 6.07) is 19.4. The molecule has 0 aromatic heterocycles. The molecule has 3 aromatic rings. The lowest BCUT2D eigenvalue weighted by atomic mass is 10.2. The van der Waals surface area contributed by atoms with E-state index in [0.29, 0.717) is 5.69 Å². The van der Waals surface area contributed by atoms with E-state index in [1.807, 2.05) is 32.9 Å². The van der Waals surface area contributed by atoms with Crippen LogP contribution in [0, 0.1) is 20.8 Å². The first kappa shape index (κ1) is 21.8. The Bertz CT molecular complexity index is 1210. The molecule has 1 N–H and O–H groups in total. The molecular formula is C23H23NO4S2. The molecule has 0 unspecified atom stereocenters. The van der Waals surface area contributed by atoms with E-state index in [1.54, 1.807) is 36.4 Å². The first-order valence-electron chi connectivity index (χ1n) is 9.28. The van der Waals surface area contributed by atoms with Gasteiger partial charge < -0.3 is 5.32 Å². The number of hydrogen-bond acceptors (Lipinski definition) is 5. The van der Waals surface area contributed by atoms with Crippen molar-refractivity contribution in [2.24, 2.45) is 0 Å². The summed E-state index contributed by atoms with van der Waals surface area (Å²) in [7, 11) is -8.61. The molecular weight excluding hydrogens is 418 g/mol. The minimum absolute atomic E-state index is 0.0818. The molecule has 0 atom stereocenters. The van der Waals surface area contributed by atoms with Gasteiger partial charge in [0, 0.05) is 11.9 Å². The van der Waals surface area contributed by atoms with Gasteiger partial charge in [-0.05, 0) is 56.7 Å². The van der Waals surface area contributed by atoms with Crippen molar-refractivity contribution in [3.63, 3.8) is 0 Å². The summed E-state index contributed by atoms with van der Waals surface area (Å²) in [6.07, 6.45) is 1.06.